The second kappa shape index (κ2) is 9.26. The molecule has 6 heteroatoms. The molecule has 0 spiro atoms. The van der Waals surface area contributed by atoms with E-state index in [0.717, 1.165) is 38.8 Å². The SMILES string of the molecule is O=C(NCCc1ccccc1F)c1cccc(C(=O)N2CCCCCC2)n1. The topological polar surface area (TPSA) is 62.3 Å². The van der Waals surface area contributed by atoms with E-state index in [0.29, 0.717) is 24.2 Å². The van der Waals surface area contributed by atoms with Gasteiger partial charge in [0.2, 0.25) is 0 Å². The van der Waals surface area contributed by atoms with Crippen LogP contribution in [-0.4, -0.2) is 41.3 Å². The molecule has 1 aromatic heterocycles. The smallest absolute Gasteiger partial charge is 0.272 e. The maximum absolute atomic E-state index is 13.6. The first-order valence-electron chi connectivity index (χ1n) is 9.43. The molecule has 1 aliphatic heterocycles. The lowest BCUT2D eigenvalue weighted by atomic mass is 10.1. The van der Waals surface area contributed by atoms with Crippen LogP contribution in [0.5, 0.6) is 0 Å². The van der Waals surface area contributed by atoms with E-state index in [1.165, 1.54) is 6.07 Å². The molecule has 2 aromatic rings. The number of amides is 2. The predicted molar refractivity (Wildman–Crippen MR) is 101 cm³/mol. The summed E-state index contributed by atoms with van der Waals surface area (Å²) in [5.41, 5.74) is 1.04. The number of benzene rings is 1. The van der Waals surface area contributed by atoms with Crippen molar-refractivity contribution in [2.45, 2.75) is 32.1 Å². The highest BCUT2D eigenvalue weighted by atomic mass is 19.1. The number of halogens is 1. The molecule has 1 fully saturated rings. The van der Waals surface area contributed by atoms with Gasteiger partial charge in [-0.1, -0.05) is 37.1 Å². The minimum atomic E-state index is -0.364. The Balaban J connectivity index is 1.59. The van der Waals surface area contributed by atoms with Crippen molar-refractivity contribution in [3.8, 4) is 0 Å². The van der Waals surface area contributed by atoms with Crippen molar-refractivity contribution >= 4 is 11.8 Å². The molecule has 1 aromatic carbocycles. The molecular formula is C21H24FN3O2. The van der Waals surface area contributed by atoms with Gasteiger partial charge >= 0.3 is 0 Å². The molecule has 1 aliphatic rings. The first kappa shape index (κ1) is 19.0. The van der Waals surface area contributed by atoms with E-state index in [1.807, 2.05) is 4.90 Å². The highest BCUT2D eigenvalue weighted by molar-refractivity contribution is 5.96. The molecule has 1 N–H and O–H groups in total. The minimum absolute atomic E-state index is 0.127. The Morgan fingerprint density at radius 2 is 1.67 bits per heavy atom. The molecule has 1 saturated heterocycles. The van der Waals surface area contributed by atoms with Crippen molar-refractivity contribution in [1.29, 1.82) is 0 Å². The molecule has 2 amide bonds. The molecule has 2 heterocycles. The molecular weight excluding hydrogens is 345 g/mol. The fourth-order valence-electron chi connectivity index (χ4n) is 3.22. The lowest BCUT2D eigenvalue weighted by Crippen LogP contribution is -2.33. The van der Waals surface area contributed by atoms with Crippen molar-refractivity contribution in [2.75, 3.05) is 19.6 Å². The number of carbonyl (C=O) groups is 2. The number of hydrogen-bond donors (Lipinski definition) is 1. The van der Waals surface area contributed by atoms with Crippen LogP contribution in [-0.2, 0) is 6.42 Å². The summed E-state index contributed by atoms with van der Waals surface area (Å²) >= 11 is 0. The summed E-state index contributed by atoms with van der Waals surface area (Å²) in [7, 11) is 0. The van der Waals surface area contributed by atoms with Crippen LogP contribution in [0.1, 0.15) is 52.2 Å². The van der Waals surface area contributed by atoms with Crippen LogP contribution in [0.2, 0.25) is 0 Å². The number of nitrogens with one attached hydrogen (secondary N) is 1. The number of aromatic nitrogens is 1. The highest BCUT2D eigenvalue weighted by Gasteiger charge is 2.19. The zero-order valence-corrected chi connectivity index (χ0v) is 15.3. The molecule has 0 radical (unpaired) electrons. The Labute approximate surface area is 158 Å². The molecule has 0 unspecified atom stereocenters. The standard InChI is InChI=1S/C21H24FN3O2/c22-17-9-4-3-8-16(17)12-13-23-20(26)18-10-7-11-19(24-18)21(27)25-14-5-1-2-6-15-25/h3-4,7-11H,1-2,5-6,12-15H2,(H,23,26). The van der Waals surface area contributed by atoms with Gasteiger partial charge in [-0.05, 0) is 43.0 Å². The molecule has 3 rings (SSSR count). The monoisotopic (exact) mass is 369 g/mol. The average Bonchev–Trinajstić information content (AvgIpc) is 2.98. The highest BCUT2D eigenvalue weighted by Crippen LogP contribution is 2.13. The fourth-order valence-corrected chi connectivity index (χ4v) is 3.22. The Bertz CT molecular complexity index is 802. The van der Waals surface area contributed by atoms with Crippen molar-refractivity contribution in [1.82, 2.24) is 15.2 Å². The van der Waals surface area contributed by atoms with Gasteiger partial charge in [-0.3, -0.25) is 9.59 Å². The third-order valence-electron chi connectivity index (χ3n) is 4.73. The number of pyridine rings is 1. The van der Waals surface area contributed by atoms with Gasteiger partial charge in [0.25, 0.3) is 11.8 Å². The molecule has 0 aliphatic carbocycles. The van der Waals surface area contributed by atoms with E-state index in [4.69, 9.17) is 0 Å². The molecule has 142 valence electrons. The van der Waals surface area contributed by atoms with E-state index < -0.39 is 0 Å². The van der Waals surface area contributed by atoms with E-state index in [1.54, 1.807) is 36.4 Å². The maximum atomic E-state index is 13.6. The van der Waals surface area contributed by atoms with Crippen LogP contribution < -0.4 is 5.32 Å². The van der Waals surface area contributed by atoms with Gasteiger partial charge in [0.1, 0.15) is 17.2 Å². The van der Waals surface area contributed by atoms with E-state index >= 15 is 0 Å². The van der Waals surface area contributed by atoms with Gasteiger partial charge in [0, 0.05) is 19.6 Å². The van der Waals surface area contributed by atoms with Crippen LogP contribution in [0.15, 0.2) is 42.5 Å². The van der Waals surface area contributed by atoms with Crippen LogP contribution in [0.3, 0.4) is 0 Å². The van der Waals surface area contributed by atoms with Crippen molar-refractivity contribution in [3.63, 3.8) is 0 Å². The summed E-state index contributed by atoms with van der Waals surface area (Å²) < 4.78 is 13.6. The first-order chi connectivity index (χ1) is 13.1. The Morgan fingerprint density at radius 3 is 2.41 bits per heavy atom. The van der Waals surface area contributed by atoms with Crippen molar-refractivity contribution in [3.05, 3.63) is 65.2 Å². The first-order valence-corrected chi connectivity index (χ1v) is 9.43. The molecule has 0 atom stereocenters. The van der Waals surface area contributed by atoms with E-state index in [9.17, 15) is 14.0 Å². The summed E-state index contributed by atoms with van der Waals surface area (Å²) in [5.74, 6) is -0.773. The molecule has 0 bridgehead atoms. The summed E-state index contributed by atoms with van der Waals surface area (Å²) in [5, 5.41) is 2.74. The maximum Gasteiger partial charge on any atom is 0.272 e. The number of likely N-dealkylation sites (tertiary alicyclic amines) is 1. The second-order valence-corrected chi connectivity index (χ2v) is 6.71. The van der Waals surface area contributed by atoms with Gasteiger partial charge in [-0.2, -0.15) is 0 Å². The number of carbonyl (C=O) groups excluding carboxylic acids is 2. The second-order valence-electron chi connectivity index (χ2n) is 6.71. The normalized spacial score (nSPS) is 14.5. The summed E-state index contributed by atoms with van der Waals surface area (Å²) in [6.07, 6.45) is 4.68. The van der Waals surface area contributed by atoms with Crippen molar-refractivity contribution < 1.29 is 14.0 Å². The quantitative estimate of drug-likeness (QED) is 0.880. The lowest BCUT2D eigenvalue weighted by Gasteiger charge is -2.19. The summed E-state index contributed by atoms with van der Waals surface area (Å²) in [6.45, 7) is 1.77. The number of rotatable bonds is 5. The predicted octanol–water partition coefficient (Wildman–Crippen LogP) is 3.21. The average molecular weight is 369 g/mol. The van der Waals surface area contributed by atoms with Crippen molar-refractivity contribution in [2.24, 2.45) is 0 Å². The van der Waals surface area contributed by atoms with Gasteiger partial charge in [0.05, 0.1) is 0 Å². The number of nitrogens with zero attached hydrogens (tertiary/aromatic N) is 2. The molecule has 0 saturated carbocycles. The minimum Gasteiger partial charge on any atom is -0.350 e. The fraction of sp³-hybridized carbons (Fsp3) is 0.381. The van der Waals surface area contributed by atoms with Crippen LogP contribution in [0, 0.1) is 5.82 Å². The number of hydrogen-bond acceptors (Lipinski definition) is 3. The Kier molecular flexibility index (Phi) is 6.52. The van der Waals surface area contributed by atoms with Gasteiger partial charge in [-0.25, -0.2) is 9.37 Å². The van der Waals surface area contributed by atoms with Crippen LogP contribution in [0.25, 0.3) is 0 Å². The largest absolute Gasteiger partial charge is 0.350 e. The Hall–Kier alpha value is -2.76. The third-order valence-corrected chi connectivity index (χ3v) is 4.73. The summed E-state index contributed by atoms with van der Waals surface area (Å²) in [6, 6.07) is 11.4. The summed E-state index contributed by atoms with van der Waals surface area (Å²) in [4.78, 5) is 31.0. The molecule has 27 heavy (non-hydrogen) atoms. The van der Waals surface area contributed by atoms with Crippen LogP contribution in [0.4, 0.5) is 4.39 Å². The third kappa shape index (κ3) is 5.12. The zero-order chi connectivity index (χ0) is 19.1. The molecule has 5 nitrogen and oxygen atoms in total. The zero-order valence-electron chi connectivity index (χ0n) is 15.3. The van der Waals surface area contributed by atoms with Gasteiger partial charge < -0.3 is 10.2 Å². The lowest BCUT2D eigenvalue weighted by molar-refractivity contribution is 0.0755. The van der Waals surface area contributed by atoms with E-state index in [-0.39, 0.29) is 23.3 Å². The van der Waals surface area contributed by atoms with Gasteiger partial charge in [-0.15, -0.1) is 0 Å². The Morgan fingerprint density at radius 1 is 0.963 bits per heavy atom. The van der Waals surface area contributed by atoms with Crippen LogP contribution >= 0.6 is 0 Å². The van der Waals surface area contributed by atoms with Gasteiger partial charge in [0.15, 0.2) is 0 Å². The van der Waals surface area contributed by atoms with E-state index in [2.05, 4.69) is 10.3 Å².